The van der Waals surface area contributed by atoms with E-state index in [1.54, 1.807) is 0 Å². The molecule has 2 rings (SSSR count). The molecule has 0 spiro atoms. The van der Waals surface area contributed by atoms with Gasteiger partial charge in [0.2, 0.25) is 0 Å². The van der Waals surface area contributed by atoms with E-state index in [9.17, 15) is 0 Å². The molecule has 0 N–H and O–H groups in total. The van der Waals surface area contributed by atoms with Crippen molar-refractivity contribution in [2.75, 3.05) is 0 Å². The van der Waals surface area contributed by atoms with Crippen molar-refractivity contribution in [1.29, 1.82) is 0 Å². The maximum absolute atomic E-state index is 3.62. The Labute approximate surface area is 123 Å². The molecule has 0 saturated carbocycles. The first-order valence-electron chi connectivity index (χ1n) is 6.39. The highest BCUT2D eigenvalue weighted by Crippen LogP contribution is 2.19. The normalized spacial score (nSPS) is 12.5. The third-order valence-corrected chi connectivity index (χ3v) is 3.51. The van der Waals surface area contributed by atoms with Gasteiger partial charge in [0.05, 0.1) is 0 Å². The number of halogens is 1. The largest absolute Gasteiger partial charge is 0.0659 e. The van der Waals surface area contributed by atoms with Crippen LogP contribution in [0.5, 0.6) is 0 Å². The lowest BCUT2D eigenvalue weighted by Gasteiger charge is -2.01. The van der Waals surface area contributed by atoms with E-state index in [-0.39, 0.29) is 0 Å². The van der Waals surface area contributed by atoms with Gasteiger partial charge in [-0.15, -0.1) is 0 Å². The summed E-state index contributed by atoms with van der Waals surface area (Å²) in [5, 5.41) is 0. The van der Waals surface area contributed by atoms with Crippen LogP contribution in [0, 0.1) is 0 Å². The molecule has 0 saturated heterocycles. The van der Waals surface area contributed by atoms with Gasteiger partial charge in [-0.2, -0.15) is 0 Å². The molecule has 0 heterocycles. The molecule has 0 aliphatic heterocycles. The zero-order valence-corrected chi connectivity index (χ0v) is 12.6. The molecule has 0 fully saturated rings. The van der Waals surface area contributed by atoms with Gasteiger partial charge in [-0.1, -0.05) is 82.7 Å². The SMILES string of the molecule is C/C(=C\C(Br)=C/Cc1ccccc1)c1ccccc1. The first-order chi connectivity index (χ1) is 9.25. The van der Waals surface area contributed by atoms with E-state index in [4.69, 9.17) is 0 Å². The van der Waals surface area contributed by atoms with Crippen LogP contribution in [0.25, 0.3) is 5.57 Å². The fourth-order valence-electron chi connectivity index (χ4n) is 1.88. The van der Waals surface area contributed by atoms with Gasteiger partial charge in [-0.3, -0.25) is 0 Å². The molecule has 0 aliphatic carbocycles. The smallest absolute Gasteiger partial charge is 0.0141 e. The average Bonchev–Trinajstić information content (AvgIpc) is 2.47. The lowest BCUT2D eigenvalue weighted by Crippen LogP contribution is -1.81. The highest BCUT2D eigenvalue weighted by Gasteiger charge is 1.95. The standard InChI is InChI=1S/C18H17Br/c1-15(17-10-6-3-7-11-17)14-18(19)13-12-16-8-4-2-5-9-16/h2-11,13-14H,12H2,1H3/b15-14+,18-13+. The second kappa shape index (κ2) is 7.10. The van der Waals surface area contributed by atoms with Gasteiger partial charge >= 0.3 is 0 Å². The van der Waals surface area contributed by atoms with Gasteiger partial charge in [0.1, 0.15) is 0 Å². The molecule has 0 bridgehead atoms. The maximum atomic E-state index is 3.62. The summed E-state index contributed by atoms with van der Waals surface area (Å²) in [6.07, 6.45) is 5.31. The second-order valence-corrected chi connectivity index (χ2v) is 5.39. The number of allylic oxidation sites excluding steroid dienone is 4. The summed E-state index contributed by atoms with van der Waals surface area (Å²) in [4.78, 5) is 0. The Balaban J connectivity index is 2.06. The minimum absolute atomic E-state index is 0.944. The van der Waals surface area contributed by atoms with Gasteiger partial charge in [0, 0.05) is 4.48 Å². The number of hydrogen-bond acceptors (Lipinski definition) is 0. The molecule has 0 aromatic heterocycles. The third-order valence-electron chi connectivity index (χ3n) is 2.96. The van der Waals surface area contributed by atoms with Gasteiger partial charge < -0.3 is 0 Å². The number of benzene rings is 2. The monoisotopic (exact) mass is 312 g/mol. The molecule has 19 heavy (non-hydrogen) atoms. The molecule has 2 aromatic carbocycles. The highest BCUT2D eigenvalue weighted by atomic mass is 79.9. The van der Waals surface area contributed by atoms with Crippen molar-refractivity contribution in [3.8, 4) is 0 Å². The number of hydrogen-bond donors (Lipinski definition) is 0. The van der Waals surface area contributed by atoms with E-state index < -0.39 is 0 Å². The summed E-state index contributed by atoms with van der Waals surface area (Å²) in [7, 11) is 0. The first kappa shape index (κ1) is 13.8. The Hall–Kier alpha value is -1.60. The van der Waals surface area contributed by atoms with Gasteiger partial charge in [-0.05, 0) is 36.1 Å². The summed E-state index contributed by atoms with van der Waals surface area (Å²) < 4.78 is 1.12. The van der Waals surface area contributed by atoms with Crippen LogP contribution in [-0.2, 0) is 6.42 Å². The van der Waals surface area contributed by atoms with E-state index in [0.717, 1.165) is 10.9 Å². The van der Waals surface area contributed by atoms with Crippen molar-refractivity contribution < 1.29 is 0 Å². The Kier molecular flexibility index (Phi) is 5.17. The summed E-state index contributed by atoms with van der Waals surface area (Å²) in [5.74, 6) is 0. The van der Waals surface area contributed by atoms with E-state index in [2.05, 4.69) is 83.5 Å². The Bertz CT molecular complexity index is 565. The predicted octanol–water partition coefficient (Wildman–Crippen LogP) is 5.61. The van der Waals surface area contributed by atoms with E-state index in [0.29, 0.717) is 0 Å². The van der Waals surface area contributed by atoms with Crippen molar-refractivity contribution in [3.05, 3.63) is 88.4 Å². The summed E-state index contributed by atoms with van der Waals surface area (Å²) in [6.45, 7) is 2.13. The summed E-state index contributed by atoms with van der Waals surface area (Å²) in [6, 6.07) is 20.9. The van der Waals surface area contributed by atoms with Crippen molar-refractivity contribution >= 4 is 21.5 Å². The molecule has 2 aromatic rings. The van der Waals surface area contributed by atoms with Crippen molar-refractivity contribution in [2.24, 2.45) is 0 Å². The molecular formula is C18H17Br. The van der Waals surface area contributed by atoms with Crippen LogP contribution >= 0.6 is 15.9 Å². The van der Waals surface area contributed by atoms with Crippen molar-refractivity contribution in [3.63, 3.8) is 0 Å². The molecule has 0 nitrogen and oxygen atoms in total. The minimum atomic E-state index is 0.944. The Morgan fingerprint density at radius 3 is 2.16 bits per heavy atom. The molecular weight excluding hydrogens is 296 g/mol. The van der Waals surface area contributed by atoms with E-state index in [1.165, 1.54) is 16.7 Å². The second-order valence-electron chi connectivity index (χ2n) is 4.47. The zero-order valence-electron chi connectivity index (χ0n) is 11.0. The number of rotatable bonds is 4. The fraction of sp³-hybridized carbons (Fsp3) is 0.111. The molecule has 1 heteroatoms. The first-order valence-corrected chi connectivity index (χ1v) is 7.18. The van der Waals surface area contributed by atoms with Crippen LogP contribution in [0.1, 0.15) is 18.1 Å². The quantitative estimate of drug-likeness (QED) is 0.643. The lowest BCUT2D eigenvalue weighted by molar-refractivity contribution is 1.27. The van der Waals surface area contributed by atoms with E-state index in [1.807, 2.05) is 12.1 Å². The van der Waals surface area contributed by atoms with Crippen LogP contribution in [0.3, 0.4) is 0 Å². The highest BCUT2D eigenvalue weighted by molar-refractivity contribution is 9.11. The van der Waals surface area contributed by atoms with Crippen molar-refractivity contribution in [2.45, 2.75) is 13.3 Å². The molecule has 96 valence electrons. The topological polar surface area (TPSA) is 0 Å². The maximum Gasteiger partial charge on any atom is 0.0141 e. The summed E-state index contributed by atoms with van der Waals surface area (Å²) in [5.41, 5.74) is 3.84. The van der Waals surface area contributed by atoms with E-state index >= 15 is 0 Å². The third kappa shape index (κ3) is 4.53. The van der Waals surface area contributed by atoms with Gasteiger partial charge in [0.25, 0.3) is 0 Å². The van der Waals surface area contributed by atoms with Gasteiger partial charge in [-0.25, -0.2) is 0 Å². The average molecular weight is 313 g/mol. The molecule has 0 atom stereocenters. The summed E-state index contributed by atoms with van der Waals surface area (Å²) >= 11 is 3.62. The fourth-order valence-corrected chi connectivity index (χ4v) is 2.38. The molecule has 0 amide bonds. The van der Waals surface area contributed by atoms with Crippen LogP contribution in [0.2, 0.25) is 0 Å². The van der Waals surface area contributed by atoms with Crippen LogP contribution in [-0.4, -0.2) is 0 Å². The van der Waals surface area contributed by atoms with Crippen LogP contribution in [0.4, 0.5) is 0 Å². The van der Waals surface area contributed by atoms with Gasteiger partial charge in [0.15, 0.2) is 0 Å². The van der Waals surface area contributed by atoms with Crippen LogP contribution < -0.4 is 0 Å². The van der Waals surface area contributed by atoms with Crippen LogP contribution in [0.15, 0.2) is 77.3 Å². The lowest BCUT2D eigenvalue weighted by atomic mass is 10.1. The molecule has 0 unspecified atom stereocenters. The Morgan fingerprint density at radius 2 is 1.53 bits per heavy atom. The zero-order chi connectivity index (χ0) is 13.5. The predicted molar refractivity (Wildman–Crippen MR) is 87.2 cm³/mol. The molecule has 0 aliphatic rings. The minimum Gasteiger partial charge on any atom is -0.0659 e. The van der Waals surface area contributed by atoms with Crippen molar-refractivity contribution in [1.82, 2.24) is 0 Å². The molecule has 0 radical (unpaired) electrons. The Morgan fingerprint density at radius 1 is 0.947 bits per heavy atom.